The van der Waals surface area contributed by atoms with Gasteiger partial charge in [-0.05, 0) is 25.0 Å². The molecule has 1 fully saturated rings. The quantitative estimate of drug-likeness (QED) is 0.306. The highest BCUT2D eigenvalue weighted by molar-refractivity contribution is 6.02. The fourth-order valence-corrected chi connectivity index (χ4v) is 2.13. The molecule has 5 heteroatoms. The van der Waals surface area contributed by atoms with Crippen LogP contribution >= 0.6 is 0 Å². The van der Waals surface area contributed by atoms with Crippen LogP contribution in [0.2, 0.25) is 0 Å². The molecule has 1 saturated heterocycles. The zero-order chi connectivity index (χ0) is 12.3. The molecule has 92 valence electrons. The van der Waals surface area contributed by atoms with Crippen molar-refractivity contribution in [2.45, 2.75) is 18.9 Å². The van der Waals surface area contributed by atoms with Gasteiger partial charge < -0.3 is 20.9 Å². The zero-order valence-corrected chi connectivity index (χ0v) is 9.58. The smallest absolute Gasteiger partial charge is 0.172 e. The zero-order valence-electron chi connectivity index (χ0n) is 9.58. The van der Waals surface area contributed by atoms with Gasteiger partial charge in [0.2, 0.25) is 0 Å². The highest BCUT2D eigenvalue weighted by Gasteiger charge is 2.20. The average Bonchev–Trinajstić information content (AvgIpc) is 2.39. The molecule has 17 heavy (non-hydrogen) atoms. The summed E-state index contributed by atoms with van der Waals surface area (Å²) in [7, 11) is 0. The van der Waals surface area contributed by atoms with Crippen molar-refractivity contribution in [3.05, 3.63) is 29.8 Å². The Labute approximate surface area is 100 Å². The molecule has 2 rings (SSSR count). The largest absolute Gasteiger partial charge is 0.409 e. The summed E-state index contributed by atoms with van der Waals surface area (Å²) in [5, 5.41) is 21.3. The molecule has 0 aromatic heterocycles. The van der Waals surface area contributed by atoms with Gasteiger partial charge in [0, 0.05) is 24.3 Å². The standard InChI is InChI=1S/C12H17N3O2/c13-12(14-17)10-3-1-2-4-11(10)15-7-5-9(16)6-8-15/h1-4,9,16-17H,5-8H2,(H2,13,14). The maximum atomic E-state index is 9.48. The highest BCUT2D eigenvalue weighted by Crippen LogP contribution is 2.23. The molecule has 1 aromatic carbocycles. The number of benzene rings is 1. The van der Waals surface area contributed by atoms with Crippen molar-refractivity contribution >= 4 is 11.5 Å². The number of nitrogens with two attached hydrogens (primary N) is 1. The fraction of sp³-hybridized carbons (Fsp3) is 0.417. The molecule has 4 N–H and O–H groups in total. The maximum absolute atomic E-state index is 9.48. The Balaban J connectivity index is 2.26. The van der Waals surface area contributed by atoms with Crippen LogP contribution < -0.4 is 10.6 Å². The predicted molar refractivity (Wildman–Crippen MR) is 66.4 cm³/mol. The Morgan fingerprint density at radius 3 is 2.59 bits per heavy atom. The lowest BCUT2D eigenvalue weighted by Crippen LogP contribution is -2.37. The van der Waals surface area contributed by atoms with E-state index in [9.17, 15) is 5.11 Å². The number of rotatable bonds is 2. The molecule has 0 bridgehead atoms. The van der Waals surface area contributed by atoms with E-state index < -0.39 is 0 Å². The van der Waals surface area contributed by atoms with Crippen molar-refractivity contribution in [2.75, 3.05) is 18.0 Å². The second-order valence-electron chi connectivity index (χ2n) is 4.22. The number of hydrogen-bond donors (Lipinski definition) is 3. The molecule has 0 radical (unpaired) electrons. The van der Waals surface area contributed by atoms with E-state index in [1.807, 2.05) is 24.3 Å². The number of para-hydroxylation sites is 1. The third kappa shape index (κ3) is 2.50. The Kier molecular flexibility index (Phi) is 3.49. The van der Waals surface area contributed by atoms with Crippen molar-refractivity contribution in [3.63, 3.8) is 0 Å². The second kappa shape index (κ2) is 5.05. The molecule has 5 nitrogen and oxygen atoms in total. The third-order valence-corrected chi connectivity index (χ3v) is 3.09. The lowest BCUT2D eigenvalue weighted by Gasteiger charge is -2.32. The summed E-state index contributed by atoms with van der Waals surface area (Å²) in [6.07, 6.45) is 1.30. The van der Waals surface area contributed by atoms with E-state index >= 15 is 0 Å². The first kappa shape index (κ1) is 11.7. The monoisotopic (exact) mass is 235 g/mol. The van der Waals surface area contributed by atoms with E-state index in [0.717, 1.165) is 37.2 Å². The van der Waals surface area contributed by atoms with Crippen LogP contribution in [-0.2, 0) is 0 Å². The molecular weight excluding hydrogens is 218 g/mol. The highest BCUT2D eigenvalue weighted by atomic mass is 16.4. The molecule has 1 aromatic rings. The van der Waals surface area contributed by atoms with Crippen LogP contribution in [0.4, 0.5) is 5.69 Å². The Hall–Kier alpha value is -1.75. The minimum Gasteiger partial charge on any atom is -0.409 e. The number of aliphatic hydroxyl groups is 1. The third-order valence-electron chi connectivity index (χ3n) is 3.09. The molecule has 0 amide bonds. The van der Waals surface area contributed by atoms with Crippen LogP contribution in [0.3, 0.4) is 0 Å². The molecule has 0 atom stereocenters. The number of oxime groups is 1. The van der Waals surface area contributed by atoms with E-state index in [1.165, 1.54) is 0 Å². The van der Waals surface area contributed by atoms with Gasteiger partial charge in [0.25, 0.3) is 0 Å². The van der Waals surface area contributed by atoms with E-state index in [2.05, 4.69) is 10.1 Å². The number of aliphatic hydroxyl groups excluding tert-OH is 1. The SMILES string of the molecule is NC(=NO)c1ccccc1N1CCC(O)CC1. The van der Waals surface area contributed by atoms with Gasteiger partial charge >= 0.3 is 0 Å². The molecule has 1 aliphatic heterocycles. The van der Waals surface area contributed by atoms with Crippen molar-refractivity contribution in [1.29, 1.82) is 0 Å². The molecule has 0 saturated carbocycles. The summed E-state index contributed by atoms with van der Waals surface area (Å²) < 4.78 is 0. The van der Waals surface area contributed by atoms with Gasteiger partial charge in [0.15, 0.2) is 5.84 Å². The summed E-state index contributed by atoms with van der Waals surface area (Å²) in [4.78, 5) is 2.15. The molecular formula is C12H17N3O2. The van der Waals surface area contributed by atoms with E-state index in [4.69, 9.17) is 10.9 Å². The van der Waals surface area contributed by atoms with Gasteiger partial charge in [-0.25, -0.2) is 0 Å². The summed E-state index contributed by atoms with van der Waals surface area (Å²) in [5.41, 5.74) is 7.33. The van der Waals surface area contributed by atoms with Crippen LogP contribution in [0.1, 0.15) is 18.4 Å². The first-order chi connectivity index (χ1) is 8.22. The first-order valence-electron chi connectivity index (χ1n) is 5.72. The van der Waals surface area contributed by atoms with Crippen molar-refractivity contribution in [3.8, 4) is 0 Å². The molecule has 0 aliphatic carbocycles. The number of amidine groups is 1. The minimum absolute atomic E-state index is 0.117. The van der Waals surface area contributed by atoms with Crippen molar-refractivity contribution in [2.24, 2.45) is 10.9 Å². The maximum Gasteiger partial charge on any atom is 0.172 e. The van der Waals surface area contributed by atoms with E-state index in [-0.39, 0.29) is 11.9 Å². The molecule has 1 aliphatic rings. The Morgan fingerprint density at radius 2 is 1.94 bits per heavy atom. The normalized spacial score (nSPS) is 18.4. The Bertz CT molecular complexity index is 412. The lowest BCUT2D eigenvalue weighted by molar-refractivity contribution is 0.145. The molecule has 1 heterocycles. The van der Waals surface area contributed by atoms with Gasteiger partial charge in [-0.3, -0.25) is 0 Å². The second-order valence-corrected chi connectivity index (χ2v) is 4.22. The summed E-state index contributed by atoms with van der Waals surface area (Å²) in [5.74, 6) is 0.117. The molecule has 0 unspecified atom stereocenters. The van der Waals surface area contributed by atoms with Crippen molar-refractivity contribution < 1.29 is 10.3 Å². The Morgan fingerprint density at radius 1 is 1.29 bits per heavy atom. The summed E-state index contributed by atoms with van der Waals surface area (Å²) in [6.45, 7) is 1.58. The topological polar surface area (TPSA) is 82.1 Å². The lowest BCUT2D eigenvalue weighted by atomic mass is 10.0. The number of hydrogen-bond acceptors (Lipinski definition) is 4. The van der Waals surface area contributed by atoms with Gasteiger partial charge in [-0.15, -0.1) is 0 Å². The van der Waals surface area contributed by atoms with Gasteiger partial charge in [0.05, 0.1) is 6.10 Å². The van der Waals surface area contributed by atoms with Gasteiger partial charge in [-0.2, -0.15) is 0 Å². The summed E-state index contributed by atoms with van der Waals surface area (Å²) >= 11 is 0. The number of anilines is 1. The van der Waals surface area contributed by atoms with E-state index in [0.29, 0.717) is 0 Å². The van der Waals surface area contributed by atoms with Crippen LogP contribution in [0.25, 0.3) is 0 Å². The van der Waals surface area contributed by atoms with Crippen LogP contribution in [0, 0.1) is 0 Å². The van der Waals surface area contributed by atoms with Crippen LogP contribution in [0.5, 0.6) is 0 Å². The number of piperidine rings is 1. The van der Waals surface area contributed by atoms with Gasteiger partial charge in [0.1, 0.15) is 0 Å². The average molecular weight is 235 g/mol. The fourth-order valence-electron chi connectivity index (χ4n) is 2.13. The minimum atomic E-state index is -0.206. The van der Waals surface area contributed by atoms with E-state index in [1.54, 1.807) is 0 Å². The van der Waals surface area contributed by atoms with Crippen LogP contribution in [-0.4, -0.2) is 35.3 Å². The number of nitrogens with zero attached hydrogens (tertiary/aromatic N) is 2. The molecule has 0 spiro atoms. The van der Waals surface area contributed by atoms with Gasteiger partial charge in [-0.1, -0.05) is 17.3 Å². The van der Waals surface area contributed by atoms with Crippen LogP contribution in [0.15, 0.2) is 29.4 Å². The van der Waals surface area contributed by atoms with Crippen molar-refractivity contribution in [1.82, 2.24) is 0 Å². The summed E-state index contributed by atoms with van der Waals surface area (Å²) in [6, 6.07) is 7.56. The predicted octanol–water partition coefficient (Wildman–Crippen LogP) is 0.742. The first-order valence-corrected chi connectivity index (χ1v) is 5.72.